The zero-order chi connectivity index (χ0) is 28.1. The van der Waals surface area contributed by atoms with E-state index in [1.807, 2.05) is 22.7 Å². The summed E-state index contributed by atoms with van der Waals surface area (Å²) in [5, 5.41) is 2.65. The van der Waals surface area contributed by atoms with Crippen LogP contribution < -0.4 is 15.3 Å². The number of hydrogen-bond donors (Lipinski definition) is 0. The summed E-state index contributed by atoms with van der Waals surface area (Å²) in [7, 11) is 0. The predicted molar refractivity (Wildman–Crippen MR) is 181 cm³/mol. The zero-order valence-electron chi connectivity index (χ0n) is 26.0. The Hall–Kier alpha value is 0.337. The predicted octanol–water partition coefficient (Wildman–Crippen LogP) is 10.4. The van der Waals surface area contributed by atoms with E-state index in [9.17, 15) is 0 Å². The van der Waals surface area contributed by atoms with Gasteiger partial charge < -0.3 is 0 Å². The molecule has 2 heterocycles. The standard InChI is InChI=1S/C26H36O2S2.6CH3.2Sn/c1-5-9-11-19(7-3)17-27-23-21-13-15-30-26(21)24(22-14-16-29-25(22)23)28-18-20(8-4)12-10-6-2;;;;;;;;/h13-14,19-20H,5-12,17-18H2,1-4H3;6*1H3;;. The van der Waals surface area contributed by atoms with E-state index in [0.717, 1.165) is 24.7 Å². The Kier molecular flexibility index (Phi) is 12.5. The van der Waals surface area contributed by atoms with Crippen molar-refractivity contribution < 1.29 is 9.47 Å². The van der Waals surface area contributed by atoms with E-state index in [4.69, 9.17) is 9.47 Å². The summed E-state index contributed by atoms with van der Waals surface area (Å²) in [5.41, 5.74) is 0. The molecule has 2 atom stereocenters. The number of hydrogen-bond acceptors (Lipinski definition) is 4. The molecule has 0 aliphatic heterocycles. The van der Waals surface area contributed by atoms with E-state index >= 15 is 0 Å². The van der Waals surface area contributed by atoms with Crippen molar-refractivity contribution in [2.24, 2.45) is 11.8 Å². The van der Waals surface area contributed by atoms with Crippen LogP contribution in [-0.4, -0.2) is 50.0 Å². The number of unbranched alkanes of at least 4 members (excludes halogenated alkanes) is 2. The van der Waals surface area contributed by atoms with Crippen molar-refractivity contribution in [3.8, 4) is 11.5 Å². The van der Waals surface area contributed by atoms with Crippen LogP contribution in [0.2, 0.25) is 29.6 Å². The Morgan fingerprint density at radius 2 is 1.00 bits per heavy atom. The molecular formula is C32H54O2S2Sn2. The van der Waals surface area contributed by atoms with Gasteiger partial charge in [0, 0.05) is 0 Å². The molecule has 0 spiro atoms. The summed E-state index contributed by atoms with van der Waals surface area (Å²) >= 11 is -0.525. The number of ether oxygens (including phenoxy) is 2. The molecule has 0 amide bonds. The van der Waals surface area contributed by atoms with Crippen molar-refractivity contribution in [3.05, 3.63) is 12.1 Å². The van der Waals surface area contributed by atoms with Crippen molar-refractivity contribution in [2.75, 3.05) is 13.2 Å². The third-order valence-corrected chi connectivity index (χ3v) is 29.0. The summed E-state index contributed by atoms with van der Waals surface area (Å²) in [6.45, 7) is 10.9. The van der Waals surface area contributed by atoms with Gasteiger partial charge in [0.25, 0.3) is 0 Å². The number of fused-ring (bicyclic) bond motifs is 2. The van der Waals surface area contributed by atoms with Gasteiger partial charge in [-0.05, 0) is 0 Å². The van der Waals surface area contributed by atoms with E-state index in [1.54, 1.807) is 5.79 Å². The molecule has 0 fully saturated rings. The molecule has 214 valence electrons. The van der Waals surface area contributed by atoms with Gasteiger partial charge in [-0.25, -0.2) is 0 Å². The second kappa shape index (κ2) is 14.5. The van der Waals surface area contributed by atoms with Crippen LogP contribution in [-0.2, 0) is 0 Å². The Labute approximate surface area is 250 Å². The minimum absolute atomic E-state index is 0.626. The zero-order valence-corrected chi connectivity index (χ0v) is 33.4. The Morgan fingerprint density at radius 1 is 0.632 bits per heavy atom. The van der Waals surface area contributed by atoms with Crippen molar-refractivity contribution in [3.63, 3.8) is 0 Å². The van der Waals surface area contributed by atoms with Gasteiger partial charge in [0.1, 0.15) is 0 Å². The third-order valence-electron chi connectivity index (χ3n) is 7.86. The molecule has 0 aliphatic rings. The Bertz CT molecular complexity index is 1020. The van der Waals surface area contributed by atoms with E-state index < -0.39 is 36.8 Å². The molecule has 3 aromatic rings. The van der Waals surface area contributed by atoms with Crippen LogP contribution >= 0.6 is 22.7 Å². The van der Waals surface area contributed by atoms with Gasteiger partial charge >= 0.3 is 252 Å². The monoisotopic (exact) mass is 774 g/mol. The maximum atomic E-state index is 6.90. The molecule has 0 saturated carbocycles. The number of benzene rings is 1. The van der Waals surface area contributed by atoms with Gasteiger partial charge in [0.2, 0.25) is 0 Å². The molecule has 2 unspecified atom stereocenters. The summed E-state index contributed by atoms with van der Waals surface area (Å²) in [6, 6.07) is 5.03. The fourth-order valence-corrected chi connectivity index (χ4v) is 17.7. The molecule has 2 nitrogen and oxygen atoms in total. The molecule has 2 aromatic heterocycles. The van der Waals surface area contributed by atoms with E-state index in [1.165, 1.54) is 71.5 Å². The fraction of sp³-hybridized carbons (Fsp3) is 0.688. The SMILES string of the molecule is CCCCC(CC)COc1c2c[c]([Sn]([CH3])([CH3])[CH3])sc2c(OCC(CC)CCCC)c2c[c]([Sn]([CH3])([CH3])[CH3])sc12. The van der Waals surface area contributed by atoms with Gasteiger partial charge in [-0.3, -0.25) is 0 Å². The van der Waals surface area contributed by atoms with Crippen LogP contribution in [0.1, 0.15) is 79.1 Å². The summed E-state index contributed by atoms with van der Waals surface area (Å²) in [5.74, 6) is 3.56. The second-order valence-electron chi connectivity index (χ2n) is 13.3. The molecule has 0 aliphatic carbocycles. The van der Waals surface area contributed by atoms with Gasteiger partial charge in [0.15, 0.2) is 0 Å². The van der Waals surface area contributed by atoms with Gasteiger partial charge in [-0.1, -0.05) is 0 Å². The minimum atomic E-state index is -2.28. The third kappa shape index (κ3) is 8.21. The normalized spacial score (nSPS) is 14.4. The van der Waals surface area contributed by atoms with Crippen LogP contribution in [0.4, 0.5) is 0 Å². The molecule has 0 saturated heterocycles. The molecule has 38 heavy (non-hydrogen) atoms. The molecule has 0 radical (unpaired) electrons. The molecule has 6 heteroatoms. The molecular weight excluding hydrogens is 718 g/mol. The number of thiophene rings is 2. The van der Waals surface area contributed by atoms with Crippen molar-refractivity contribution in [1.82, 2.24) is 0 Å². The first kappa shape index (κ1) is 32.8. The first-order valence-electron chi connectivity index (χ1n) is 15.2. The van der Waals surface area contributed by atoms with E-state index in [-0.39, 0.29) is 0 Å². The van der Waals surface area contributed by atoms with Gasteiger partial charge in [-0.2, -0.15) is 0 Å². The Morgan fingerprint density at radius 3 is 1.29 bits per heavy atom. The molecule has 3 rings (SSSR count). The van der Waals surface area contributed by atoms with Crippen molar-refractivity contribution in [1.29, 1.82) is 0 Å². The maximum absolute atomic E-state index is 6.90. The molecule has 0 N–H and O–H groups in total. The van der Waals surface area contributed by atoms with Crippen LogP contribution in [0.15, 0.2) is 12.1 Å². The summed E-state index contributed by atoms with van der Waals surface area (Å²) in [6.07, 6.45) is 9.99. The van der Waals surface area contributed by atoms with E-state index in [2.05, 4.69) is 69.5 Å². The van der Waals surface area contributed by atoms with Gasteiger partial charge in [0.05, 0.1) is 0 Å². The summed E-state index contributed by atoms with van der Waals surface area (Å²) in [4.78, 5) is 15.2. The van der Waals surface area contributed by atoms with Gasteiger partial charge in [-0.15, -0.1) is 0 Å². The van der Waals surface area contributed by atoms with E-state index in [0.29, 0.717) is 11.8 Å². The molecule has 0 bridgehead atoms. The van der Waals surface area contributed by atoms with Crippen LogP contribution in [0.3, 0.4) is 0 Å². The van der Waals surface area contributed by atoms with Crippen molar-refractivity contribution >= 4 is 85.4 Å². The average Bonchev–Trinajstić information content (AvgIpc) is 3.50. The van der Waals surface area contributed by atoms with Crippen molar-refractivity contribution in [2.45, 2.75) is 109 Å². The molecule has 1 aromatic carbocycles. The first-order valence-corrected chi connectivity index (χ1v) is 36.8. The quantitative estimate of drug-likeness (QED) is 0.135. The fourth-order valence-electron chi connectivity index (χ4n) is 4.93. The second-order valence-corrected chi connectivity index (χ2v) is 46.3. The van der Waals surface area contributed by atoms with Crippen LogP contribution in [0.25, 0.3) is 20.2 Å². The topological polar surface area (TPSA) is 18.5 Å². The Balaban J connectivity index is 2.18. The van der Waals surface area contributed by atoms with Crippen LogP contribution in [0.5, 0.6) is 11.5 Å². The summed E-state index contributed by atoms with van der Waals surface area (Å²) < 4.78 is 19.7. The van der Waals surface area contributed by atoms with Crippen LogP contribution in [0, 0.1) is 11.8 Å². The number of rotatable bonds is 16. The first-order chi connectivity index (χ1) is 17.9. The average molecular weight is 772 g/mol.